The smallest absolute Gasteiger partial charge is 0.0900 e. The predicted molar refractivity (Wildman–Crippen MR) is 71.3 cm³/mol. The summed E-state index contributed by atoms with van der Waals surface area (Å²) in [5.74, 6) is 0. The molecule has 0 aromatic carbocycles. The number of rotatable bonds is 4. The van der Waals surface area contributed by atoms with E-state index in [1.807, 2.05) is 6.92 Å². The van der Waals surface area contributed by atoms with Gasteiger partial charge in [0.1, 0.15) is 0 Å². The first-order valence-corrected chi connectivity index (χ1v) is 7.27. The van der Waals surface area contributed by atoms with Gasteiger partial charge in [0.25, 0.3) is 0 Å². The summed E-state index contributed by atoms with van der Waals surface area (Å²) in [5.41, 5.74) is 0.655. The van der Waals surface area contributed by atoms with Crippen LogP contribution in [0.3, 0.4) is 0 Å². The van der Waals surface area contributed by atoms with Crippen LogP contribution in [0.25, 0.3) is 0 Å². The zero-order valence-corrected chi connectivity index (χ0v) is 11.6. The number of hydrogen-bond donors (Lipinski definition) is 2. The van der Waals surface area contributed by atoms with E-state index in [4.69, 9.17) is 0 Å². The molecule has 1 aliphatic carbocycles. The van der Waals surface area contributed by atoms with E-state index < -0.39 is 5.60 Å². The summed E-state index contributed by atoms with van der Waals surface area (Å²) in [6, 6.07) is 0. The molecular weight excluding hydrogens is 232 g/mol. The molecule has 1 aromatic heterocycles. The Hall–Kier alpha value is -0.450. The largest absolute Gasteiger partial charge is 0.389 e. The molecule has 0 spiro atoms. The van der Waals surface area contributed by atoms with Gasteiger partial charge in [0.2, 0.25) is 0 Å². The Morgan fingerprint density at radius 2 is 2.00 bits per heavy atom. The lowest BCUT2D eigenvalue weighted by Gasteiger charge is -2.32. The maximum Gasteiger partial charge on any atom is 0.0900 e. The van der Waals surface area contributed by atoms with E-state index in [9.17, 15) is 5.11 Å². The Morgan fingerprint density at radius 3 is 2.59 bits per heavy atom. The van der Waals surface area contributed by atoms with E-state index in [-0.39, 0.29) is 0 Å². The van der Waals surface area contributed by atoms with Gasteiger partial charge in [0, 0.05) is 18.0 Å². The predicted octanol–water partition coefficient (Wildman–Crippen LogP) is 2.54. The third kappa shape index (κ3) is 3.50. The second-order valence-electron chi connectivity index (χ2n) is 5.13. The number of hydrogen-bond acceptors (Lipinski definition) is 4. The molecule has 2 N–H and O–H groups in total. The fraction of sp³-hybridized carbons (Fsp3) is 0.769. The first kappa shape index (κ1) is 13.0. The molecule has 3 nitrogen and oxygen atoms in total. The normalized spacial score (nSPS) is 19.5. The fourth-order valence-electron chi connectivity index (χ4n) is 2.53. The van der Waals surface area contributed by atoms with E-state index >= 15 is 0 Å². The van der Waals surface area contributed by atoms with Gasteiger partial charge in [-0.15, -0.1) is 11.3 Å². The van der Waals surface area contributed by atoms with Gasteiger partial charge in [-0.1, -0.05) is 19.3 Å². The Labute approximate surface area is 107 Å². The number of aromatic nitrogens is 1. The number of thiazole rings is 1. The maximum absolute atomic E-state index is 10.3. The maximum atomic E-state index is 10.3. The van der Waals surface area contributed by atoms with Crippen molar-refractivity contribution in [3.8, 4) is 0 Å². The highest BCUT2D eigenvalue weighted by Gasteiger charge is 2.28. The molecule has 17 heavy (non-hydrogen) atoms. The number of nitrogens with zero attached hydrogens (tertiary/aromatic N) is 1. The molecule has 1 fully saturated rings. The third-order valence-electron chi connectivity index (χ3n) is 3.52. The van der Waals surface area contributed by atoms with Gasteiger partial charge in [0.05, 0.1) is 16.3 Å². The molecule has 1 saturated carbocycles. The van der Waals surface area contributed by atoms with Gasteiger partial charge >= 0.3 is 0 Å². The van der Waals surface area contributed by atoms with Crippen molar-refractivity contribution in [2.75, 3.05) is 6.54 Å². The van der Waals surface area contributed by atoms with E-state index in [2.05, 4.69) is 17.2 Å². The fourth-order valence-corrected chi connectivity index (χ4v) is 3.44. The second kappa shape index (κ2) is 5.46. The van der Waals surface area contributed by atoms with Crippen molar-refractivity contribution in [1.82, 2.24) is 10.3 Å². The Kier molecular flexibility index (Phi) is 4.17. The number of aryl methyl sites for hydroxylation is 2. The molecule has 1 aromatic rings. The molecule has 0 aliphatic heterocycles. The summed E-state index contributed by atoms with van der Waals surface area (Å²) in [5, 5.41) is 14.9. The molecule has 96 valence electrons. The first-order valence-electron chi connectivity index (χ1n) is 6.45. The molecule has 0 saturated heterocycles. The van der Waals surface area contributed by atoms with Gasteiger partial charge in [-0.25, -0.2) is 4.98 Å². The van der Waals surface area contributed by atoms with Gasteiger partial charge in [0.15, 0.2) is 0 Å². The minimum Gasteiger partial charge on any atom is -0.389 e. The van der Waals surface area contributed by atoms with E-state index in [1.165, 1.54) is 11.3 Å². The van der Waals surface area contributed by atoms with Gasteiger partial charge in [-0.2, -0.15) is 0 Å². The molecule has 0 atom stereocenters. The lowest BCUT2D eigenvalue weighted by Crippen LogP contribution is -2.41. The van der Waals surface area contributed by atoms with Crippen molar-refractivity contribution in [3.05, 3.63) is 15.6 Å². The second-order valence-corrected chi connectivity index (χ2v) is 6.42. The molecule has 4 heteroatoms. The lowest BCUT2D eigenvalue weighted by atomic mass is 9.85. The van der Waals surface area contributed by atoms with Gasteiger partial charge in [-0.05, 0) is 26.7 Å². The van der Waals surface area contributed by atoms with Crippen LogP contribution in [0, 0.1) is 13.8 Å². The van der Waals surface area contributed by atoms with Crippen LogP contribution in [0.2, 0.25) is 0 Å². The third-order valence-corrected chi connectivity index (χ3v) is 4.60. The molecular formula is C13H22N2OS. The van der Waals surface area contributed by atoms with Crippen LogP contribution in [0.5, 0.6) is 0 Å². The van der Waals surface area contributed by atoms with E-state index in [1.54, 1.807) is 11.3 Å². The highest BCUT2D eigenvalue weighted by atomic mass is 32.1. The minimum absolute atomic E-state index is 0.466. The molecule has 1 heterocycles. The summed E-state index contributed by atoms with van der Waals surface area (Å²) in [6.45, 7) is 5.63. The van der Waals surface area contributed by atoms with Crippen LogP contribution in [-0.2, 0) is 6.54 Å². The van der Waals surface area contributed by atoms with E-state index in [0.717, 1.165) is 42.9 Å². The zero-order chi connectivity index (χ0) is 12.3. The minimum atomic E-state index is -0.466. The number of aliphatic hydroxyl groups is 1. The molecule has 2 rings (SSSR count). The van der Waals surface area contributed by atoms with Crippen molar-refractivity contribution < 1.29 is 5.11 Å². The van der Waals surface area contributed by atoms with Crippen LogP contribution >= 0.6 is 11.3 Å². The summed E-state index contributed by atoms with van der Waals surface area (Å²) in [6.07, 6.45) is 5.49. The highest BCUT2D eigenvalue weighted by molar-refractivity contribution is 7.11. The molecule has 1 aliphatic rings. The average Bonchev–Trinajstić information content (AvgIpc) is 2.58. The quantitative estimate of drug-likeness (QED) is 0.868. The first-order chi connectivity index (χ1) is 8.09. The van der Waals surface area contributed by atoms with Crippen molar-refractivity contribution in [2.24, 2.45) is 0 Å². The molecule has 0 radical (unpaired) electrons. The molecule has 0 bridgehead atoms. The van der Waals surface area contributed by atoms with Crippen LogP contribution in [0.4, 0.5) is 0 Å². The zero-order valence-electron chi connectivity index (χ0n) is 10.8. The molecule has 0 amide bonds. The van der Waals surface area contributed by atoms with Crippen LogP contribution < -0.4 is 5.32 Å². The summed E-state index contributed by atoms with van der Waals surface area (Å²) >= 11 is 1.74. The van der Waals surface area contributed by atoms with Crippen LogP contribution in [0.15, 0.2) is 0 Å². The van der Waals surface area contributed by atoms with Crippen molar-refractivity contribution in [2.45, 2.75) is 58.1 Å². The van der Waals surface area contributed by atoms with Crippen molar-refractivity contribution >= 4 is 11.3 Å². The standard InChI is InChI=1S/C13H22N2OS/c1-10-12(17-11(2)15-10)8-14-9-13(16)6-4-3-5-7-13/h14,16H,3-9H2,1-2H3. The average molecular weight is 254 g/mol. The van der Waals surface area contributed by atoms with Gasteiger partial charge in [-0.3, -0.25) is 0 Å². The topological polar surface area (TPSA) is 45.2 Å². The highest BCUT2D eigenvalue weighted by Crippen LogP contribution is 2.27. The van der Waals surface area contributed by atoms with Gasteiger partial charge < -0.3 is 10.4 Å². The van der Waals surface area contributed by atoms with Crippen molar-refractivity contribution in [1.29, 1.82) is 0 Å². The van der Waals surface area contributed by atoms with Crippen molar-refractivity contribution in [3.63, 3.8) is 0 Å². The Bertz CT molecular complexity index is 369. The lowest BCUT2D eigenvalue weighted by molar-refractivity contribution is 0.00471. The Morgan fingerprint density at radius 1 is 1.29 bits per heavy atom. The number of nitrogens with one attached hydrogen (secondary N) is 1. The summed E-state index contributed by atoms with van der Waals surface area (Å²) < 4.78 is 0. The Balaban J connectivity index is 1.81. The van der Waals surface area contributed by atoms with E-state index in [0.29, 0.717) is 6.54 Å². The SMILES string of the molecule is Cc1nc(C)c(CNCC2(O)CCCCC2)s1. The summed E-state index contributed by atoms with van der Waals surface area (Å²) in [7, 11) is 0. The van der Waals surface area contributed by atoms with Crippen LogP contribution in [-0.4, -0.2) is 22.2 Å². The molecule has 0 unspecified atom stereocenters. The summed E-state index contributed by atoms with van der Waals surface area (Å²) in [4.78, 5) is 5.70. The van der Waals surface area contributed by atoms with Crippen LogP contribution in [0.1, 0.15) is 47.7 Å². The monoisotopic (exact) mass is 254 g/mol.